The first-order chi connectivity index (χ1) is 10.3. The second kappa shape index (κ2) is 6.81. The molecular weight excluding hydrogens is 347 g/mol. The van der Waals surface area contributed by atoms with Crippen molar-refractivity contribution in [2.45, 2.75) is 20.4 Å². The number of nitrogens with zero attached hydrogens (tertiary/aromatic N) is 2. The molecule has 0 atom stereocenters. The van der Waals surface area contributed by atoms with Crippen LogP contribution in [0.25, 0.3) is 10.2 Å². The Bertz CT molecular complexity index is 808. The van der Waals surface area contributed by atoms with E-state index in [1.54, 1.807) is 30.5 Å². The molecule has 8 heteroatoms. The molecule has 1 heterocycles. The lowest BCUT2D eigenvalue weighted by molar-refractivity contribution is -0.141. The summed E-state index contributed by atoms with van der Waals surface area (Å²) in [6, 6.07) is 3.31. The molecule has 2 rings (SSSR count). The number of aromatic nitrogens is 1. The van der Waals surface area contributed by atoms with Crippen LogP contribution in [0, 0.1) is 5.92 Å². The number of halogens is 2. The molecule has 0 spiro atoms. The van der Waals surface area contributed by atoms with Crippen molar-refractivity contribution in [3.63, 3.8) is 0 Å². The normalized spacial score (nSPS) is 12.2. The lowest BCUT2D eigenvalue weighted by Crippen LogP contribution is -2.23. The summed E-state index contributed by atoms with van der Waals surface area (Å²) in [7, 11) is 1.30. The maximum atomic E-state index is 11.9. The number of ether oxygens (including phenoxy) is 1. The summed E-state index contributed by atoms with van der Waals surface area (Å²) >= 11 is 13.5. The van der Waals surface area contributed by atoms with Gasteiger partial charge in [0.05, 0.1) is 22.3 Å². The monoisotopic (exact) mass is 360 g/mol. The van der Waals surface area contributed by atoms with Gasteiger partial charge in [-0.1, -0.05) is 48.4 Å². The molecule has 0 bridgehead atoms. The third-order valence-electron chi connectivity index (χ3n) is 2.91. The zero-order chi connectivity index (χ0) is 16.4. The Hall–Kier alpha value is -1.37. The van der Waals surface area contributed by atoms with Crippen molar-refractivity contribution in [3.8, 4) is 0 Å². The van der Waals surface area contributed by atoms with Gasteiger partial charge in [-0.05, 0) is 12.1 Å². The number of rotatable bonds is 3. The van der Waals surface area contributed by atoms with E-state index in [2.05, 4.69) is 4.99 Å². The van der Waals surface area contributed by atoms with Gasteiger partial charge in [-0.3, -0.25) is 9.59 Å². The molecule has 118 valence electrons. The highest BCUT2D eigenvalue weighted by Gasteiger charge is 2.15. The first-order valence-corrected chi connectivity index (χ1v) is 8.04. The van der Waals surface area contributed by atoms with Crippen LogP contribution in [0.2, 0.25) is 10.0 Å². The number of thiazole rings is 1. The van der Waals surface area contributed by atoms with Crippen LogP contribution < -0.4 is 4.80 Å². The van der Waals surface area contributed by atoms with Crippen molar-refractivity contribution < 1.29 is 14.3 Å². The quantitative estimate of drug-likeness (QED) is 0.789. The second-order valence-electron chi connectivity index (χ2n) is 4.89. The zero-order valence-electron chi connectivity index (χ0n) is 12.2. The Balaban J connectivity index is 2.74. The largest absolute Gasteiger partial charge is 0.468 e. The van der Waals surface area contributed by atoms with E-state index in [1.807, 2.05) is 0 Å². The van der Waals surface area contributed by atoms with Gasteiger partial charge in [0, 0.05) is 10.9 Å². The predicted octanol–water partition coefficient (Wildman–Crippen LogP) is 3.27. The molecule has 22 heavy (non-hydrogen) atoms. The van der Waals surface area contributed by atoms with Crippen molar-refractivity contribution >= 4 is 56.6 Å². The van der Waals surface area contributed by atoms with E-state index >= 15 is 0 Å². The molecule has 0 aliphatic rings. The summed E-state index contributed by atoms with van der Waals surface area (Å²) in [4.78, 5) is 28.0. The third-order valence-corrected chi connectivity index (χ3v) is 4.44. The molecule has 1 aromatic heterocycles. The van der Waals surface area contributed by atoms with E-state index < -0.39 is 5.97 Å². The first-order valence-electron chi connectivity index (χ1n) is 6.47. The van der Waals surface area contributed by atoms with E-state index in [0.717, 1.165) is 4.70 Å². The van der Waals surface area contributed by atoms with Crippen LogP contribution in [0.5, 0.6) is 0 Å². The van der Waals surface area contributed by atoms with E-state index in [4.69, 9.17) is 27.9 Å². The fraction of sp³-hybridized carbons (Fsp3) is 0.357. The molecule has 0 saturated heterocycles. The first kappa shape index (κ1) is 17.0. The minimum Gasteiger partial charge on any atom is -0.468 e. The van der Waals surface area contributed by atoms with E-state index in [9.17, 15) is 9.59 Å². The van der Waals surface area contributed by atoms with Crippen LogP contribution in [0.4, 0.5) is 0 Å². The summed E-state index contributed by atoms with van der Waals surface area (Å²) in [5, 5.41) is 0.867. The van der Waals surface area contributed by atoms with Gasteiger partial charge < -0.3 is 9.30 Å². The van der Waals surface area contributed by atoms with Crippen LogP contribution >= 0.6 is 34.5 Å². The Labute approximate surface area is 141 Å². The lowest BCUT2D eigenvalue weighted by atomic mass is 10.2. The van der Waals surface area contributed by atoms with Crippen molar-refractivity contribution in [1.82, 2.24) is 4.57 Å². The maximum Gasteiger partial charge on any atom is 0.325 e. The SMILES string of the molecule is COC(=O)Cn1c(=NC(=O)C(C)C)sc2cc(Cl)cc(Cl)c21. The average Bonchev–Trinajstić information content (AvgIpc) is 2.76. The second-order valence-corrected chi connectivity index (χ2v) is 6.74. The van der Waals surface area contributed by atoms with Crippen molar-refractivity contribution in [1.29, 1.82) is 0 Å². The van der Waals surface area contributed by atoms with Gasteiger partial charge in [0.25, 0.3) is 5.91 Å². The Kier molecular flexibility index (Phi) is 5.26. The number of hydrogen-bond donors (Lipinski definition) is 0. The van der Waals surface area contributed by atoms with Crippen molar-refractivity contribution in [2.75, 3.05) is 7.11 Å². The number of benzene rings is 1. The summed E-state index contributed by atoms with van der Waals surface area (Å²) in [6.45, 7) is 3.43. The fourth-order valence-corrected chi connectivity index (χ4v) is 3.60. The molecule has 1 amide bonds. The average molecular weight is 361 g/mol. The summed E-state index contributed by atoms with van der Waals surface area (Å²) in [6.07, 6.45) is 0. The number of amides is 1. The highest BCUT2D eigenvalue weighted by molar-refractivity contribution is 7.16. The van der Waals surface area contributed by atoms with Crippen molar-refractivity contribution in [3.05, 3.63) is 27.0 Å². The predicted molar refractivity (Wildman–Crippen MR) is 87.3 cm³/mol. The summed E-state index contributed by atoms with van der Waals surface area (Å²) in [5.74, 6) is -0.965. The van der Waals surface area contributed by atoms with Gasteiger partial charge >= 0.3 is 5.97 Å². The molecule has 1 aromatic carbocycles. The smallest absolute Gasteiger partial charge is 0.325 e. The van der Waals surface area contributed by atoms with Gasteiger partial charge in [-0.2, -0.15) is 4.99 Å². The van der Waals surface area contributed by atoms with E-state index in [-0.39, 0.29) is 18.4 Å². The van der Waals surface area contributed by atoms with Gasteiger partial charge in [-0.15, -0.1) is 0 Å². The molecule has 5 nitrogen and oxygen atoms in total. The molecule has 0 N–H and O–H groups in total. The van der Waals surface area contributed by atoms with Crippen LogP contribution in [0.1, 0.15) is 13.8 Å². The highest BCUT2D eigenvalue weighted by Crippen LogP contribution is 2.29. The van der Waals surface area contributed by atoms with E-state index in [0.29, 0.717) is 20.4 Å². The maximum absolute atomic E-state index is 11.9. The van der Waals surface area contributed by atoms with Gasteiger partial charge in [0.2, 0.25) is 0 Å². The molecule has 2 aromatic rings. The standard InChI is InChI=1S/C14H14Cl2N2O3S/c1-7(2)13(20)17-14-18(6-11(19)21-3)12-9(16)4-8(15)5-10(12)22-14/h4-5,7H,6H2,1-3H3. The Morgan fingerprint density at radius 1 is 1.36 bits per heavy atom. The van der Waals surface area contributed by atoms with Crippen molar-refractivity contribution in [2.24, 2.45) is 10.9 Å². The molecule has 0 saturated carbocycles. The van der Waals surface area contributed by atoms with Crippen LogP contribution in [-0.4, -0.2) is 23.6 Å². The van der Waals surface area contributed by atoms with Crippen LogP contribution in [-0.2, 0) is 20.9 Å². The van der Waals surface area contributed by atoms with Crippen LogP contribution in [0.15, 0.2) is 17.1 Å². The third kappa shape index (κ3) is 3.51. The van der Waals surface area contributed by atoms with Gasteiger partial charge in [-0.25, -0.2) is 0 Å². The van der Waals surface area contributed by atoms with E-state index in [1.165, 1.54) is 18.4 Å². The number of carbonyl (C=O) groups excluding carboxylic acids is 2. The van der Waals surface area contributed by atoms with Gasteiger partial charge in [0.15, 0.2) is 4.80 Å². The van der Waals surface area contributed by atoms with Gasteiger partial charge in [0.1, 0.15) is 6.54 Å². The number of methoxy groups -OCH3 is 1. The number of fused-ring (bicyclic) bond motifs is 1. The molecular formula is C14H14Cl2N2O3S. The Morgan fingerprint density at radius 2 is 2.05 bits per heavy atom. The molecule has 0 aliphatic heterocycles. The Morgan fingerprint density at radius 3 is 2.64 bits per heavy atom. The minimum absolute atomic E-state index is 0.0813. The van der Waals surface area contributed by atoms with Crippen LogP contribution in [0.3, 0.4) is 0 Å². The topological polar surface area (TPSA) is 60.7 Å². The number of carbonyl (C=O) groups is 2. The fourth-order valence-electron chi connectivity index (χ4n) is 1.78. The lowest BCUT2D eigenvalue weighted by Gasteiger charge is -2.05. The molecule has 0 aliphatic carbocycles. The molecule has 0 unspecified atom stereocenters. The minimum atomic E-state index is -0.454. The molecule has 0 fully saturated rings. The zero-order valence-corrected chi connectivity index (χ0v) is 14.6. The highest BCUT2D eigenvalue weighted by atomic mass is 35.5. The summed E-state index contributed by atoms with van der Waals surface area (Å²) in [5.41, 5.74) is 0.608. The number of hydrogen-bond acceptors (Lipinski definition) is 4. The summed E-state index contributed by atoms with van der Waals surface area (Å²) < 4.78 is 7.01. The molecule has 0 radical (unpaired) electrons. The number of esters is 1.